The molecule has 1 atom stereocenters. The van der Waals surface area contributed by atoms with Crippen LogP contribution in [0.5, 0.6) is 5.75 Å². The number of rotatable bonds is 5. The van der Waals surface area contributed by atoms with E-state index in [-0.39, 0.29) is 18.5 Å². The van der Waals surface area contributed by atoms with Gasteiger partial charge in [0.2, 0.25) is 0 Å². The number of hydrogen-bond acceptors (Lipinski definition) is 3. The average Bonchev–Trinajstić information content (AvgIpc) is 2.17. The molecule has 0 aromatic heterocycles. The predicted molar refractivity (Wildman–Crippen MR) is 56.2 cm³/mol. The Hall–Kier alpha value is -1.13. The van der Waals surface area contributed by atoms with E-state index in [4.69, 9.17) is 15.6 Å². The molecule has 0 aliphatic carbocycles. The highest BCUT2D eigenvalue weighted by Gasteiger charge is 2.07. The first-order chi connectivity index (χ1) is 7.15. The Morgan fingerprint density at radius 3 is 2.80 bits per heavy atom. The second kappa shape index (κ2) is 5.68. The molecule has 1 aromatic carbocycles. The molecule has 4 heteroatoms. The fraction of sp³-hybridized carbons (Fsp3) is 0.455. The van der Waals surface area contributed by atoms with Gasteiger partial charge in [-0.1, -0.05) is 6.07 Å². The van der Waals surface area contributed by atoms with Gasteiger partial charge in [0.1, 0.15) is 11.6 Å². The number of aliphatic hydroxyl groups excluding tert-OH is 1. The summed E-state index contributed by atoms with van der Waals surface area (Å²) in [4.78, 5) is 0. The highest BCUT2D eigenvalue weighted by molar-refractivity contribution is 5.30. The molecule has 0 bridgehead atoms. The van der Waals surface area contributed by atoms with Crippen molar-refractivity contribution < 1.29 is 14.2 Å². The summed E-state index contributed by atoms with van der Waals surface area (Å²) in [5, 5.41) is 8.55. The van der Waals surface area contributed by atoms with Crippen molar-refractivity contribution in [3.05, 3.63) is 29.6 Å². The molecular weight excluding hydrogens is 197 g/mol. The highest BCUT2D eigenvalue weighted by Crippen LogP contribution is 2.20. The van der Waals surface area contributed by atoms with Crippen LogP contribution in [0.2, 0.25) is 0 Å². The van der Waals surface area contributed by atoms with Gasteiger partial charge < -0.3 is 15.6 Å². The minimum atomic E-state index is -0.355. The Bertz CT molecular complexity index is 315. The summed E-state index contributed by atoms with van der Waals surface area (Å²) in [6.45, 7) is 2.18. The summed E-state index contributed by atoms with van der Waals surface area (Å²) >= 11 is 0. The van der Waals surface area contributed by atoms with Gasteiger partial charge in [0.05, 0.1) is 6.61 Å². The minimum absolute atomic E-state index is 0.0698. The fourth-order valence-corrected chi connectivity index (χ4v) is 1.22. The Morgan fingerprint density at radius 1 is 1.53 bits per heavy atom. The molecule has 0 fully saturated rings. The van der Waals surface area contributed by atoms with Gasteiger partial charge in [0.25, 0.3) is 0 Å². The van der Waals surface area contributed by atoms with E-state index in [1.54, 1.807) is 19.1 Å². The van der Waals surface area contributed by atoms with Gasteiger partial charge in [-0.3, -0.25) is 0 Å². The van der Waals surface area contributed by atoms with Crippen molar-refractivity contribution in [3.63, 3.8) is 0 Å². The van der Waals surface area contributed by atoms with Crippen LogP contribution in [0.25, 0.3) is 0 Å². The normalized spacial score (nSPS) is 12.5. The number of nitrogens with two attached hydrogens (primary N) is 1. The molecule has 0 saturated carbocycles. The predicted octanol–water partition coefficient (Wildman–Crippen LogP) is 1.61. The number of halogens is 1. The van der Waals surface area contributed by atoms with E-state index in [2.05, 4.69) is 0 Å². The van der Waals surface area contributed by atoms with Crippen LogP contribution in [0.3, 0.4) is 0 Å². The monoisotopic (exact) mass is 213 g/mol. The zero-order valence-electron chi connectivity index (χ0n) is 8.74. The van der Waals surface area contributed by atoms with Crippen molar-refractivity contribution in [1.29, 1.82) is 0 Å². The molecule has 1 unspecified atom stereocenters. The summed E-state index contributed by atoms with van der Waals surface area (Å²) in [6, 6.07) is 4.29. The molecule has 1 rings (SSSR count). The molecule has 0 heterocycles. The van der Waals surface area contributed by atoms with Crippen LogP contribution in [-0.2, 0) is 0 Å². The van der Waals surface area contributed by atoms with Gasteiger partial charge >= 0.3 is 0 Å². The number of benzene rings is 1. The Morgan fingerprint density at radius 2 is 2.27 bits per heavy atom. The van der Waals surface area contributed by atoms with E-state index in [0.717, 1.165) is 0 Å². The minimum Gasteiger partial charge on any atom is -0.493 e. The standard InChI is InChI=1S/C11H16FNO2/c1-8(13)10-4-3-9(7-11(10)12)15-6-2-5-14/h3-4,7-8,14H,2,5-6,13H2,1H3. The third-order valence-corrected chi connectivity index (χ3v) is 2.03. The van der Waals surface area contributed by atoms with Crippen molar-refractivity contribution in [1.82, 2.24) is 0 Å². The molecular formula is C11H16FNO2. The van der Waals surface area contributed by atoms with Crippen LogP contribution < -0.4 is 10.5 Å². The smallest absolute Gasteiger partial charge is 0.131 e. The van der Waals surface area contributed by atoms with Crippen LogP contribution in [0.15, 0.2) is 18.2 Å². The molecule has 15 heavy (non-hydrogen) atoms. The lowest BCUT2D eigenvalue weighted by molar-refractivity contribution is 0.233. The molecule has 0 aliphatic rings. The molecule has 3 N–H and O–H groups in total. The van der Waals surface area contributed by atoms with Crippen LogP contribution >= 0.6 is 0 Å². The summed E-state index contributed by atoms with van der Waals surface area (Å²) in [5.41, 5.74) is 6.05. The van der Waals surface area contributed by atoms with E-state index in [0.29, 0.717) is 24.3 Å². The third kappa shape index (κ3) is 3.49. The maximum atomic E-state index is 13.4. The first-order valence-corrected chi connectivity index (χ1v) is 4.94. The summed E-state index contributed by atoms with van der Waals surface area (Å²) in [5.74, 6) is 0.108. The van der Waals surface area contributed by atoms with Gasteiger partial charge in [-0.25, -0.2) is 4.39 Å². The van der Waals surface area contributed by atoms with Gasteiger partial charge in [0.15, 0.2) is 0 Å². The van der Waals surface area contributed by atoms with Crippen LogP contribution in [0.1, 0.15) is 24.9 Å². The van der Waals surface area contributed by atoms with E-state index >= 15 is 0 Å². The van der Waals surface area contributed by atoms with Crippen molar-refractivity contribution in [2.45, 2.75) is 19.4 Å². The SMILES string of the molecule is CC(N)c1ccc(OCCCO)cc1F. The fourth-order valence-electron chi connectivity index (χ4n) is 1.22. The molecule has 0 aliphatic heterocycles. The van der Waals surface area contributed by atoms with E-state index in [1.807, 2.05) is 0 Å². The zero-order chi connectivity index (χ0) is 11.3. The Kier molecular flexibility index (Phi) is 4.52. The quantitative estimate of drug-likeness (QED) is 0.730. The van der Waals surface area contributed by atoms with Gasteiger partial charge in [-0.05, 0) is 13.0 Å². The lowest BCUT2D eigenvalue weighted by atomic mass is 10.1. The lowest BCUT2D eigenvalue weighted by Gasteiger charge is -2.09. The van der Waals surface area contributed by atoms with E-state index in [9.17, 15) is 4.39 Å². The average molecular weight is 213 g/mol. The van der Waals surface area contributed by atoms with Crippen LogP contribution in [0, 0.1) is 5.82 Å². The number of ether oxygens (including phenoxy) is 1. The molecule has 0 radical (unpaired) electrons. The lowest BCUT2D eigenvalue weighted by Crippen LogP contribution is -2.08. The Labute approximate surface area is 88.7 Å². The van der Waals surface area contributed by atoms with Crippen molar-refractivity contribution >= 4 is 0 Å². The van der Waals surface area contributed by atoms with Gasteiger partial charge in [-0.15, -0.1) is 0 Å². The molecule has 0 saturated heterocycles. The summed E-state index contributed by atoms with van der Waals surface area (Å²) in [6.07, 6.45) is 0.538. The highest BCUT2D eigenvalue weighted by atomic mass is 19.1. The Balaban J connectivity index is 2.65. The second-order valence-corrected chi connectivity index (χ2v) is 3.40. The first kappa shape index (κ1) is 11.9. The van der Waals surface area contributed by atoms with E-state index in [1.165, 1.54) is 6.07 Å². The van der Waals surface area contributed by atoms with Gasteiger partial charge in [0, 0.05) is 30.7 Å². The number of hydrogen-bond donors (Lipinski definition) is 2. The molecule has 1 aromatic rings. The molecule has 84 valence electrons. The van der Waals surface area contributed by atoms with Crippen LogP contribution in [0.4, 0.5) is 4.39 Å². The van der Waals surface area contributed by atoms with E-state index < -0.39 is 0 Å². The summed E-state index contributed by atoms with van der Waals surface area (Å²) < 4.78 is 18.6. The second-order valence-electron chi connectivity index (χ2n) is 3.40. The number of aliphatic hydroxyl groups is 1. The topological polar surface area (TPSA) is 55.5 Å². The van der Waals surface area contributed by atoms with Gasteiger partial charge in [-0.2, -0.15) is 0 Å². The first-order valence-electron chi connectivity index (χ1n) is 4.94. The molecule has 3 nitrogen and oxygen atoms in total. The molecule has 0 spiro atoms. The molecule has 0 amide bonds. The summed E-state index contributed by atoms with van der Waals surface area (Å²) in [7, 11) is 0. The maximum Gasteiger partial charge on any atom is 0.131 e. The third-order valence-electron chi connectivity index (χ3n) is 2.03. The maximum absolute atomic E-state index is 13.4. The van der Waals surface area contributed by atoms with Crippen LogP contribution in [-0.4, -0.2) is 18.3 Å². The largest absolute Gasteiger partial charge is 0.493 e. The zero-order valence-corrected chi connectivity index (χ0v) is 8.74. The van der Waals surface area contributed by atoms with Crippen molar-refractivity contribution in [3.8, 4) is 5.75 Å². The van der Waals surface area contributed by atoms with Crippen molar-refractivity contribution in [2.24, 2.45) is 5.73 Å². The van der Waals surface area contributed by atoms with Crippen molar-refractivity contribution in [2.75, 3.05) is 13.2 Å².